The van der Waals surface area contributed by atoms with Crippen LogP contribution in [0.4, 0.5) is 0 Å². The Kier molecular flexibility index (Phi) is 3.59. The Morgan fingerprint density at radius 2 is 2.33 bits per heavy atom. The Morgan fingerprint density at radius 3 is 3.00 bits per heavy atom. The van der Waals surface area contributed by atoms with E-state index < -0.39 is 5.97 Å². The highest BCUT2D eigenvalue weighted by Crippen LogP contribution is 2.22. The van der Waals surface area contributed by atoms with Gasteiger partial charge in [-0.05, 0) is 31.7 Å². The van der Waals surface area contributed by atoms with Gasteiger partial charge in [0.05, 0.1) is 6.10 Å². The Labute approximate surface area is 90.2 Å². The van der Waals surface area contributed by atoms with Crippen molar-refractivity contribution >= 4 is 5.97 Å². The number of hydrogen-bond acceptors (Lipinski definition) is 3. The summed E-state index contributed by atoms with van der Waals surface area (Å²) < 4.78 is 5.57. The smallest absolute Gasteiger partial charge is 0.303 e. The van der Waals surface area contributed by atoms with E-state index in [4.69, 9.17) is 9.84 Å². The molecule has 0 spiro atoms. The summed E-state index contributed by atoms with van der Waals surface area (Å²) in [7, 11) is 0. The van der Waals surface area contributed by atoms with Crippen LogP contribution in [0.3, 0.4) is 0 Å². The zero-order chi connectivity index (χ0) is 10.7. The van der Waals surface area contributed by atoms with Crippen molar-refractivity contribution in [3.63, 3.8) is 0 Å². The van der Waals surface area contributed by atoms with E-state index in [1.165, 1.54) is 12.8 Å². The second kappa shape index (κ2) is 4.94. The first-order valence-electron chi connectivity index (χ1n) is 5.80. The van der Waals surface area contributed by atoms with Crippen molar-refractivity contribution in [2.75, 3.05) is 26.2 Å². The van der Waals surface area contributed by atoms with Crippen LogP contribution in [0.2, 0.25) is 0 Å². The normalized spacial score (nSPS) is 32.3. The number of carboxylic acid groups (broad SMARTS) is 1. The Morgan fingerprint density at radius 1 is 1.47 bits per heavy atom. The fraction of sp³-hybridized carbons (Fsp3) is 0.909. The van der Waals surface area contributed by atoms with Crippen LogP contribution < -0.4 is 0 Å². The van der Waals surface area contributed by atoms with E-state index in [9.17, 15) is 4.79 Å². The van der Waals surface area contributed by atoms with Gasteiger partial charge in [-0.1, -0.05) is 0 Å². The Bertz CT molecular complexity index is 226. The lowest BCUT2D eigenvalue weighted by molar-refractivity contribution is -0.138. The van der Waals surface area contributed by atoms with Crippen LogP contribution in [0.15, 0.2) is 0 Å². The van der Waals surface area contributed by atoms with Crippen molar-refractivity contribution in [3.8, 4) is 0 Å². The summed E-state index contributed by atoms with van der Waals surface area (Å²) in [4.78, 5) is 12.9. The first kappa shape index (κ1) is 10.9. The zero-order valence-corrected chi connectivity index (χ0v) is 9.02. The van der Waals surface area contributed by atoms with Crippen LogP contribution in [0.25, 0.3) is 0 Å². The molecule has 0 amide bonds. The summed E-state index contributed by atoms with van der Waals surface area (Å²) in [5.74, 6) is -0.317. The van der Waals surface area contributed by atoms with E-state index in [-0.39, 0.29) is 0 Å². The molecule has 4 nitrogen and oxygen atoms in total. The van der Waals surface area contributed by atoms with Crippen molar-refractivity contribution in [1.29, 1.82) is 0 Å². The van der Waals surface area contributed by atoms with E-state index >= 15 is 0 Å². The first-order valence-corrected chi connectivity index (χ1v) is 5.80. The van der Waals surface area contributed by atoms with Gasteiger partial charge in [-0.25, -0.2) is 0 Å². The predicted octanol–water partition coefficient (Wildman–Crippen LogP) is 0.962. The first-order chi connectivity index (χ1) is 7.24. The van der Waals surface area contributed by atoms with Gasteiger partial charge in [0.1, 0.15) is 0 Å². The summed E-state index contributed by atoms with van der Waals surface area (Å²) in [6.07, 6.45) is 4.09. The number of likely N-dealkylation sites (tertiary alicyclic amines) is 1. The molecule has 0 bridgehead atoms. The molecule has 2 fully saturated rings. The number of nitrogens with zero attached hydrogens (tertiary/aromatic N) is 1. The Balaban J connectivity index is 1.70. The molecule has 2 rings (SSSR count). The molecular formula is C11H19NO3. The predicted molar refractivity (Wildman–Crippen MR) is 55.8 cm³/mol. The molecule has 2 saturated heterocycles. The lowest BCUT2D eigenvalue weighted by Gasteiger charge is -2.19. The van der Waals surface area contributed by atoms with Crippen molar-refractivity contribution in [3.05, 3.63) is 0 Å². The average Bonchev–Trinajstić information content (AvgIpc) is 2.77. The van der Waals surface area contributed by atoms with Gasteiger partial charge in [-0.15, -0.1) is 0 Å². The van der Waals surface area contributed by atoms with Gasteiger partial charge < -0.3 is 14.7 Å². The fourth-order valence-electron chi connectivity index (χ4n) is 2.57. The molecule has 86 valence electrons. The van der Waals surface area contributed by atoms with Gasteiger partial charge in [0, 0.05) is 26.1 Å². The number of rotatable bonds is 4. The van der Waals surface area contributed by atoms with Crippen molar-refractivity contribution in [2.24, 2.45) is 5.92 Å². The van der Waals surface area contributed by atoms with Gasteiger partial charge in [0.15, 0.2) is 0 Å². The highest BCUT2D eigenvalue weighted by atomic mass is 16.5. The van der Waals surface area contributed by atoms with E-state index in [2.05, 4.69) is 4.90 Å². The third-order valence-corrected chi connectivity index (χ3v) is 3.32. The van der Waals surface area contributed by atoms with Crippen LogP contribution in [0.1, 0.15) is 25.7 Å². The highest BCUT2D eigenvalue weighted by Gasteiger charge is 2.27. The summed E-state index contributed by atoms with van der Waals surface area (Å²) in [6, 6.07) is 0. The van der Waals surface area contributed by atoms with Gasteiger partial charge in [0.25, 0.3) is 0 Å². The SMILES string of the molecule is O=C(O)CC1CCN(CC2CCCO2)C1. The largest absolute Gasteiger partial charge is 0.481 e. The number of aliphatic carboxylic acids is 1. The molecule has 15 heavy (non-hydrogen) atoms. The minimum Gasteiger partial charge on any atom is -0.481 e. The summed E-state index contributed by atoms with van der Waals surface area (Å²) in [5, 5.41) is 8.70. The molecule has 2 aliphatic heterocycles. The quantitative estimate of drug-likeness (QED) is 0.755. The van der Waals surface area contributed by atoms with E-state index in [0.29, 0.717) is 18.4 Å². The number of carbonyl (C=O) groups is 1. The lowest BCUT2D eigenvalue weighted by atomic mass is 10.1. The van der Waals surface area contributed by atoms with Crippen LogP contribution in [-0.2, 0) is 9.53 Å². The molecule has 2 heterocycles. The molecule has 0 radical (unpaired) electrons. The maximum absolute atomic E-state index is 10.6. The molecule has 0 aromatic heterocycles. The average molecular weight is 213 g/mol. The lowest BCUT2D eigenvalue weighted by Crippen LogP contribution is -2.30. The molecule has 0 aromatic rings. The van der Waals surface area contributed by atoms with Crippen molar-refractivity contribution in [2.45, 2.75) is 31.8 Å². The number of ether oxygens (including phenoxy) is 1. The van der Waals surface area contributed by atoms with Crippen molar-refractivity contribution in [1.82, 2.24) is 4.90 Å². The maximum atomic E-state index is 10.6. The summed E-state index contributed by atoms with van der Waals surface area (Å²) >= 11 is 0. The third kappa shape index (κ3) is 3.18. The molecule has 1 N–H and O–H groups in total. The third-order valence-electron chi connectivity index (χ3n) is 3.32. The van der Waals surface area contributed by atoms with Gasteiger partial charge in [-0.2, -0.15) is 0 Å². The van der Waals surface area contributed by atoms with E-state index in [1.54, 1.807) is 0 Å². The summed E-state index contributed by atoms with van der Waals surface area (Å²) in [6.45, 7) is 3.87. The molecular weight excluding hydrogens is 194 g/mol. The molecule has 2 aliphatic rings. The molecule has 2 atom stereocenters. The second-order valence-corrected chi connectivity index (χ2v) is 4.65. The Hall–Kier alpha value is -0.610. The number of carboxylic acids is 1. The van der Waals surface area contributed by atoms with Gasteiger partial charge >= 0.3 is 5.97 Å². The van der Waals surface area contributed by atoms with Gasteiger partial charge in [-0.3, -0.25) is 4.79 Å². The minimum atomic E-state index is -0.668. The standard InChI is InChI=1S/C11H19NO3/c13-11(14)6-9-3-4-12(7-9)8-10-2-1-5-15-10/h9-10H,1-8H2,(H,13,14). The highest BCUT2D eigenvalue weighted by molar-refractivity contribution is 5.67. The fourth-order valence-corrected chi connectivity index (χ4v) is 2.57. The topological polar surface area (TPSA) is 49.8 Å². The van der Waals surface area contributed by atoms with E-state index in [0.717, 1.165) is 32.7 Å². The van der Waals surface area contributed by atoms with Crippen molar-refractivity contribution < 1.29 is 14.6 Å². The molecule has 2 unspecified atom stereocenters. The van der Waals surface area contributed by atoms with Crippen LogP contribution in [0.5, 0.6) is 0 Å². The van der Waals surface area contributed by atoms with Gasteiger partial charge in [0.2, 0.25) is 0 Å². The van der Waals surface area contributed by atoms with Crippen LogP contribution >= 0.6 is 0 Å². The minimum absolute atomic E-state index is 0.321. The molecule has 0 saturated carbocycles. The monoisotopic (exact) mass is 213 g/mol. The molecule has 0 aromatic carbocycles. The van der Waals surface area contributed by atoms with Crippen LogP contribution in [0, 0.1) is 5.92 Å². The van der Waals surface area contributed by atoms with E-state index in [1.807, 2.05) is 0 Å². The second-order valence-electron chi connectivity index (χ2n) is 4.65. The summed E-state index contributed by atoms with van der Waals surface area (Å²) in [5.41, 5.74) is 0. The zero-order valence-electron chi connectivity index (χ0n) is 9.02. The molecule has 4 heteroatoms. The van der Waals surface area contributed by atoms with Crippen LogP contribution in [-0.4, -0.2) is 48.3 Å². The molecule has 0 aliphatic carbocycles. The maximum Gasteiger partial charge on any atom is 0.303 e. The number of hydrogen-bond donors (Lipinski definition) is 1.